The lowest BCUT2D eigenvalue weighted by atomic mass is 10.2. The van der Waals surface area contributed by atoms with Crippen LogP contribution in [0.25, 0.3) is 6.08 Å². The lowest BCUT2D eigenvalue weighted by Crippen LogP contribution is -2.30. The van der Waals surface area contributed by atoms with Gasteiger partial charge in [-0.2, -0.15) is 0 Å². The van der Waals surface area contributed by atoms with Crippen LogP contribution in [-0.2, 0) is 11.3 Å². The maximum Gasteiger partial charge on any atom is 0.329 e. The Labute approximate surface area is 182 Å². The molecule has 1 fully saturated rings. The number of benzene rings is 3. The molecule has 3 amide bonds. The molecule has 4 nitrogen and oxygen atoms in total. The summed E-state index contributed by atoms with van der Waals surface area (Å²) in [5, 5.41) is 3.25. The van der Waals surface area contributed by atoms with Crippen molar-refractivity contribution in [3.8, 4) is 0 Å². The molecule has 0 aromatic heterocycles. The van der Waals surface area contributed by atoms with E-state index in [1.807, 2.05) is 48.5 Å². The van der Waals surface area contributed by atoms with Crippen LogP contribution in [0.1, 0.15) is 11.1 Å². The largest absolute Gasteiger partial charge is 0.329 e. The molecule has 1 heterocycles. The molecule has 0 aliphatic carbocycles. The minimum Gasteiger partial charge on any atom is -0.303 e. The second kappa shape index (κ2) is 8.73. The van der Waals surface area contributed by atoms with Gasteiger partial charge in [-0.05, 0) is 48.0 Å². The SMILES string of the molecule is O=C1N/C(=C\c2ccccc2Sc2ccc(Cl)cc2)C(=O)N1Cc1ccccc1F. The monoisotopic (exact) mass is 438 g/mol. The standard InChI is InChI=1S/C23H16ClFN2O2S/c24-17-9-11-18(12-10-17)30-21-8-4-2-5-15(21)13-20-22(28)27(23(29)26-20)14-16-6-1-3-7-19(16)25/h1-13H,14H2,(H,26,29)/b20-13-. The minimum atomic E-state index is -0.572. The zero-order valence-corrected chi connectivity index (χ0v) is 17.2. The fourth-order valence-electron chi connectivity index (χ4n) is 2.99. The van der Waals surface area contributed by atoms with E-state index in [0.29, 0.717) is 5.02 Å². The van der Waals surface area contributed by atoms with Crippen molar-refractivity contribution in [2.45, 2.75) is 16.3 Å². The van der Waals surface area contributed by atoms with Crippen LogP contribution < -0.4 is 5.32 Å². The van der Waals surface area contributed by atoms with Gasteiger partial charge in [0.2, 0.25) is 0 Å². The number of hydrogen-bond acceptors (Lipinski definition) is 3. The van der Waals surface area contributed by atoms with Gasteiger partial charge in [-0.15, -0.1) is 0 Å². The Hall–Kier alpha value is -3.09. The molecule has 150 valence electrons. The molecule has 4 rings (SSSR count). The van der Waals surface area contributed by atoms with Crippen LogP contribution in [0.2, 0.25) is 5.02 Å². The number of urea groups is 1. The summed E-state index contributed by atoms with van der Waals surface area (Å²) in [5.74, 6) is -0.949. The highest BCUT2D eigenvalue weighted by Gasteiger charge is 2.34. The van der Waals surface area contributed by atoms with Crippen molar-refractivity contribution in [3.63, 3.8) is 0 Å². The van der Waals surface area contributed by atoms with Crippen LogP contribution in [0.15, 0.2) is 88.3 Å². The van der Waals surface area contributed by atoms with Gasteiger partial charge in [0.15, 0.2) is 0 Å². The summed E-state index contributed by atoms with van der Waals surface area (Å²) in [6.07, 6.45) is 1.64. The number of carbonyl (C=O) groups excluding carboxylic acids is 2. The lowest BCUT2D eigenvalue weighted by Gasteiger charge is -2.12. The quantitative estimate of drug-likeness (QED) is 0.409. The zero-order valence-electron chi connectivity index (χ0n) is 15.6. The predicted octanol–water partition coefficient (Wildman–Crippen LogP) is 5.72. The summed E-state index contributed by atoms with van der Waals surface area (Å²) in [6, 6.07) is 20.5. The third-order valence-corrected chi connectivity index (χ3v) is 5.86. The van der Waals surface area contributed by atoms with Crippen LogP contribution in [0, 0.1) is 5.82 Å². The molecule has 0 spiro atoms. The van der Waals surface area contributed by atoms with Gasteiger partial charge in [0.25, 0.3) is 5.91 Å². The first-order valence-electron chi connectivity index (χ1n) is 9.11. The van der Waals surface area contributed by atoms with Crippen molar-refractivity contribution in [2.24, 2.45) is 0 Å². The second-order valence-corrected chi connectivity index (χ2v) is 8.12. The fraction of sp³-hybridized carbons (Fsp3) is 0.0435. The van der Waals surface area contributed by atoms with E-state index in [0.717, 1.165) is 20.3 Å². The minimum absolute atomic E-state index is 0.129. The van der Waals surface area contributed by atoms with Crippen molar-refractivity contribution in [3.05, 3.63) is 100 Å². The van der Waals surface area contributed by atoms with Crippen LogP contribution in [0.3, 0.4) is 0 Å². The summed E-state index contributed by atoms with van der Waals surface area (Å²) in [7, 11) is 0. The predicted molar refractivity (Wildman–Crippen MR) is 115 cm³/mol. The normalized spacial score (nSPS) is 15.0. The van der Waals surface area contributed by atoms with Crippen molar-refractivity contribution in [1.29, 1.82) is 0 Å². The van der Waals surface area contributed by atoms with Crippen molar-refractivity contribution in [1.82, 2.24) is 10.2 Å². The molecule has 0 saturated carbocycles. The van der Waals surface area contributed by atoms with Crippen LogP contribution >= 0.6 is 23.4 Å². The molecule has 1 saturated heterocycles. The first-order valence-corrected chi connectivity index (χ1v) is 10.3. The molecule has 0 bridgehead atoms. The average Bonchev–Trinajstić information content (AvgIpc) is 3.00. The Balaban J connectivity index is 1.58. The molecule has 1 aliphatic heterocycles. The second-order valence-electron chi connectivity index (χ2n) is 6.56. The molecule has 1 N–H and O–H groups in total. The topological polar surface area (TPSA) is 49.4 Å². The number of imide groups is 1. The maximum absolute atomic E-state index is 13.9. The van der Waals surface area contributed by atoms with E-state index >= 15 is 0 Å². The Morgan fingerprint density at radius 1 is 0.967 bits per heavy atom. The van der Waals surface area contributed by atoms with Gasteiger partial charge < -0.3 is 5.32 Å². The Morgan fingerprint density at radius 2 is 1.67 bits per heavy atom. The van der Waals surface area contributed by atoms with E-state index in [4.69, 9.17) is 11.6 Å². The molecule has 7 heteroatoms. The Morgan fingerprint density at radius 3 is 2.43 bits per heavy atom. The molecule has 3 aromatic rings. The van der Waals surface area contributed by atoms with E-state index in [9.17, 15) is 14.0 Å². The molecular weight excluding hydrogens is 423 g/mol. The highest BCUT2D eigenvalue weighted by Crippen LogP contribution is 2.32. The van der Waals surface area contributed by atoms with Gasteiger partial charge >= 0.3 is 6.03 Å². The highest BCUT2D eigenvalue weighted by atomic mass is 35.5. The van der Waals surface area contributed by atoms with Crippen LogP contribution in [0.5, 0.6) is 0 Å². The van der Waals surface area contributed by atoms with Crippen LogP contribution in [0.4, 0.5) is 9.18 Å². The lowest BCUT2D eigenvalue weighted by molar-refractivity contribution is -0.123. The first kappa shape index (κ1) is 20.2. The Kier molecular flexibility index (Phi) is 5.88. The van der Waals surface area contributed by atoms with E-state index in [-0.39, 0.29) is 17.8 Å². The zero-order chi connectivity index (χ0) is 21.1. The third-order valence-electron chi connectivity index (χ3n) is 4.51. The van der Waals surface area contributed by atoms with Crippen molar-refractivity contribution < 1.29 is 14.0 Å². The number of rotatable bonds is 5. The van der Waals surface area contributed by atoms with Crippen molar-refractivity contribution in [2.75, 3.05) is 0 Å². The fourth-order valence-corrected chi connectivity index (χ4v) is 4.03. The van der Waals surface area contributed by atoms with Gasteiger partial charge in [-0.1, -0.05) is 59.8 Å². The maximum atomic E-state index is 13.9. The molecular formula is C23H16ClFN2O2S. The first-order chi connectivity index (χ1) is 14.5. The summed E-state index contributed by atoms with van der Waals surface area (Å²) < 4.78 is 13.9. The average molecular weight is 439 g/mol. The number of nitrogens with zero attached hydrogens (tertiary/aromatic N) is 1. The highest BCUT2D eigenvalue weighted by molar-refractivity contribution is 7.99. The summed E-state index contributed by atoms with van der Waals surface area (Å²) in [6.45, 7) is -0.129. The summed E-state index contributed by atoms with van der Waals surface area (Å²) >= 11 is 7.47. The molecule has 0 unspecified atom stereocenters. The third kappa shape index (κ3) is 4.40. The van der Waals surface area contributed by atoms with Gasteiger partial charge in [-0.25, -0.2) is 9.18 Å². The molecule has 1 aliphatic rings. The summed E-state index contributed by atoms with van der Waals surface area (Å²) in [5.41, 5.74) is 1.22. The number of amides is 3. The number of halogens is 2. The Bertz CT molecular complexity index is 1150. The van der Waals surface area contributed by atoms with Crippen LogP contribution in [-0.4, -0.2) is 16.8 Å². The van der Waals surface area contributed by atoms with Gasteiger partial charge in [0.1, 0.15) is 11.5 Å². The number of nitrogens with one attached hydrogen (secondary N) is 1. The molecule has 0 radical (unpaired) electrons. The number of carbonyl (C=O) groups is 2. The smallest absolute Gasteiger partial charge is 0.303 e. The molecule has 30 heavy (non-hydrogen) atoms. The molecule has 3 aromatic carbocycles. The van der Waals surface area contributed by atoms with Gasteiger partial charge in [0.05, 0.1) is 6.54 Å². The molecule has 0 atom stereocenters. The summed E-state index contributed by atoms with van der Waals surface area (Å²) in [4.78, 5) is 28.0. The van der Waals surface area contributed by atoms with E-state index in [1.165, 1.54) is 17.8 Å². The van der Waals surface area contributed by atoms with Crippen molar-refractivity contribution >= 4 is 41.4 Å². The van der Waals surface area contributed by atoms with Gasteiger partial charge in [0, 0.05) is 20.4 Å². The van der Waals surface area contributed by atoms with E-state index in [1.54, 1.807) is 24.3 Å². The number of hydrogen-bond donors (Lipinski definition) is 1. The van der Waals surface area contributed by atoms with E-state index < -0.39 is 17.8 Å². The van der Waals surface area contributed by atoms with E-state index in [2.05, 4.69) is 5.32 Å². The van der Waals surface area contributed by atoms with Gasteiger partial charge in [-0.3, -0.25) is 9.69 Å².